The van der Waals surface area contributed by atoms with Gasteiger partial charge in [-0.05, 0) is 29.8 Å². The van der Waals surface area contributed by atoms with Crippen LogP contribution in [0, 0.1) is 0 Å². The number of aromatic nitrogens is 3. The Morgan fingerprint density at radius 3 is 2.91 bits per heavy atom. The van der Waals surface area contributed by atoms with E-state index in [1.165, 1.54) is 0 Å². The van der Waals surface area contributed by atoms with E-state index in [0.717, 1.165) is 5.56 Å². The summed E-state index contributed by atoms with van der Waals surface area (Å²) in [5.74, 6) is 0.383. The van der Waals surface area contributed by atoms with Crippen LogP contribution in [0.3, 0.4) is 0 Å². The van der Waals surface area contributed by atoms with E-state index in [1.54, 1.807) is 65.9 Å². The van der Waals surface area contributed by atoms with Crippen molar-refractivity contribution in [2.45, 2.75) is 6.61 Å². The minimum absolute atomic E-state index is 0.0657. The maximum Gasteiger partial charge on any atom is 0.255 e. The van der Waals surface area contributed by atoms with Crippen molar-refractivity contribution in [1.82, 2.24) is 14.5 Å². The van der Waals surface area contributed by atoms with E-state index in [1.807, 2.05) is 0 Å². The fourth-order valence-corrected chi connectivity index (χ4v) is 2.05. The standard InChI is InChI=1S/C16H14N4O2/c21-10-12-2-1-3-14(8-12)19-16(22)13-4-5-18-15(9-13)20-7-6-17-11-20/h1-9,11,21H,10H2,(H,19,22). The van der Waals surface area contributed by atoms with Crippen LogP contribution in [-0.4, -0.2) is 25.5 Å². The molecule has 0 saturated heterocycles. The molecule has 0 aliphatic heterocycles. The molecule has 0 fully saturated rings. The first kappa shape index (κ1) is 14.0. The first-order valence-electron chi connectivity index (χ1n) is 6.72. The van der Waals surface area contributed by atoms with Gasteiger partial charge in [-0.25, -0.2) is 9.97 Å². The molecule has 0 atom stereocenters. The monoisotopic (exact) mass is 294 g/mol. The molecule has 3 rings (SSSR count). The van der Waals surface area contributed by atoms with E-state index in [0.29, 0.717) is 17.1 Å². The highest BCUT2D eigenvalue weighted by Crippen LogP contribution is 2.13. The van der Waals surface area contributed by atoms with Gasteiger partial charge in [-0.1, -0.05) is 12.1 Å². The van der Waals surface area contributed by atoms with E-state index in [9.17, 15) is 4.79 Å². The van der Waals surface area contributed by atoms with Crippen LogP contribution >= 0.6 is 0 Å². The van der Waals surface area contributed by atoms with Gasteiger partial charge in [0.2, 0.25) is 0 Å². The molecule has 1 amide bonds. The molecular weight excluding hydrogens is 280 g/mol. The SMILES string of the molecule is O=C(Nc1cccc(CO)c1)c1ccnc(-n2ccnc2)c1. The Kier molecular flexibility index (Phi) is 3.93. The van der Waals surface area contributed by atoms with Gasteiger partial charge in [-0.3, -0.25) is 9.36 Å². The number of aliphatic hydroxyl groups is 1. The second-order valence-electron chi connectivity index (χ2n) is 4.69. The quantitative estimate of drug-likeness (QED) is 0.771. The first-order valence-corrected chi connectivity index (χ1v) is 6.72. The van der Waals surface area contributed by atoms with Crippen molar-refractivity contribution in [3.8, 4) is 5.82 Å². The first-order chi connectivity index (χ1) is 10.8. The van der Waals surface area contributed by atoms with E-state index in [4.69, 9.17) is 5.11 Å². The Morgan fingerprint density at radius 2 is 2.14 bits per heavy atom. The molecule has 6 heteroatoms. The second-order valence-corrected chi connectivity index (χ2v) is 4.69. The Bertz CT molecular complexity index is 784. The van der Waals surface area contributed by atoms with E-state index in [2.05, 4.69) is 15.3 Å². The van der Waals surface area contributed by atoms with Crippen molar-refractivity contribution >= 4 is 11.6 Å². The summed E-state index contributed by atoms with van der Waals surface area (Å²) in [7, 11) is 0. The number of carbonyl (C=O) groups excluding carboxylic acids is 1. The molecule has 2 N–H and O–H groups in total. The van der Waals surface area contributed by atoms with Gasteiger partial charge in [0, 0.05) is 29.8 Å². The molecular formula is C16H14N4O2. The number of hydrogen-bond acceptors (Lipinski definition) is 4. The summed E-state index contributed by atoms with van der Waals surface area (Å²) in [6.07, 6.45) is 6.60. The van der Waals surface area contributed by atoms with Gasteiger partial charge in [0.25, 0.3) is 5.91 Å². The van der Waals surface area contributed by atoms with Gasteiger partial charge in [0.1, 0.15) is 12.1 Å². The highest BCUT2D eigenvalue weighted by Gasteiger charge is 2.08. The second kappa shape index (κ2) is 6.19. The minimum Gasteiger partial charge on any atom is -0.392 e. The summed E-state index contributed by atoms with van der Waals surface area (Å²) >= 11 is 0. The number of nitrogens with one attached hydrogen (secondary N) is 1. The van der Waals surface area contributed by atoms with Crippen LogP contribution in [0.5, 0.6) is 0 Å². The van der Waals surface area contributed by atoms with E-state index in [-0.39, 0.29) is 12.5 Å². The average molecular weight is 294 g/mol. The van der Waals surface area contributed by atoms with Crippen LogP contribution in [0.4, 0.5) is 5.69 Å². The van der Waals surface area contributed by atoms with Gasteiger partial charge in [0.15, 0.2) is 0 Å². The Morgan fingerprint density at radius 1 is 1.23 bits per heavy atom. The average Bonchev–Trinajstić information content (AvgIpc) is 3.09. The Balaban J connectivity index is 1.81. The molecule has 1 aromatic carbocycles. The lowest BCUT2D eigenvalue weighted by molar-refractivity contribution is 0.102. The summed E-state index contributed by atoms with van der Waals surface area (Å²) in [5, 5.41) is 11.9. The predicted octanol–water partition coefficient (Wildman–Crippen LogP) is 2.01. The molecule has 0 unspecified atom stereocenters. The molecule has 0 spiro atoms. The zero-order valence-electron chi connectivity index (χ0n) is 11.7. The molecule has 2 aromatic heterocycles. The third-order valence-electron chi connectivity index (χ3n) is 3.14. The lowest BCUT2D eigenvalue weighted by Crippen LogP contribution is -2.13. The molecule has 6 nitrogen and oxygen atoms in total. The van der Waals surface area contributed by atoms with E-state index >= 15 is 0 Å². The largest absolute Gasteiger partial charge is 0.392 e. The molecule has 2 heterocycles. The highest BCUT2D eigenvalue weighted by molar-refractivity contribution is 6.04. The number of nitrogens with zero attached hydrogens (tertiary/aromatic N) is 3. The highest BCUT2D eigenvalue weighted by atomic mass is 16.3. The normalized spacial score (nSPS) is 10.4. The smallest absolute Gasteiger partial charge is 0.255 e. The lowest BCUT2D eigenvalue weighted by atomic mass is 10.2. The molecule has 0 aliphatic carbocycles. The fourth-order valence-electron chi connectivity index (χ4n) is 2.05. The summed E-state index contributed by atoms with van der Waals surface area (Å²) in [4.78, 5) is 20.5. The van der Waals surface area contributed by atoms with Crippen molar-refractivity contribution in [1.29, 1.82) is 0 Å². The molecule has 0 radical (unpaired) electrons. The Hall–Kier alpha value is -2.99. The number of aliphatic hydroxyl groups excluding tert-OH is 1. The molecule has 0 aliphatic rings. The molecule has 3 aromatic rings. The van der Waals surface area contributed by atoms with Crippen molar-refractivity contribution in [2.24, 2.45) is 0 Å². The molecule has 22 heavy (non-hydrogen) atoms. The van der Waals surface area contributed by atoms with Gasteiger partial charge in [-0.15, -0.1) is 0 Å². The summed E-state index contributed by atoms with van der Waals surface area (Å²) in [5.41, 5.74) is 1.87. The van der Waals surface area contributed by atoms with Gasteiger partial charge >= 0.3 is 0 Å². The zero-order valence-corrected chi connectivity index (χ0v) is 11.7. The third kappa shape index (κ3) is 3.02. The van der Waals surface area contributed by atoms with Gasteiger partial charge in [-0.2, -0.15) is 0 Å². The predicted molar refractivity (Wildman–Crippen MR) is 81.7 cm³/mol. The van der Waals surface area contributed by atoms with Crippen molar-refractivity contribution in [3.05, 3.63) is 72.4 Å². The maximum absolute atomic E-state index is 12.3. The van der Waals surface area contributed by atoms with Crippen LogP contribution in [-0.2, 0) is 6.61 Å². The summed E-state index contributed by atoms with van der Waals surface area (Å²) in [6, 6.07) is 10.4. The zero-order chi connectivity index (χ0) is 15.4. The summed E-state index contributed by atoms with van der Waals surface area (Å²) < 4.78 is 1.73. The van der Waals surface area contributed by atoms with Crippen LogP contribution in [0.25, 0.3) is 5.82 Å². The van der Waals surface area contributed by atoms with Gasteiger partial charge in [0.05, 0.1) is 6.61 Å². The van der Waals surface area contributed by atoms with Crippen LogP contribution in [0.1, 0.15) is 15.9 Å². The van der Waals surface area contributed by atoms with Crippen LogP contribution in [0.15, 0.2) is 61.3 Å². The molecule has 110 valence electrons. The number of anilines is 1. The van der Waals surface area contributed by atoms with Crippen molar-refractivity contribution in [2.75, 3.05) is 5.32 Å². The van der Waals surface area contributed by atoms with Gasteiger partial charge < -0.3 is 10.4 Å². The number of benzene rings is 1. The topological polar surface area (TPSA) is 80.0 Å². The number of imidazole rings is 1. The summed E-state index contributed by atoms with van der Waals surface area (Å²) in [6.45, 7) is -0.0657. The van der Waals surface area contributed by atoms with Crippen LogP contribution in [0.2, 0.25) is 0 Å². The lowest BCUT2D eigenvalue weighted by Gasteiger charge is -2.08. The maximum atomic E-state index is 12.3. The number of hydrogen-bond donors (Lipinski definition) is 2. The number of pyridine rings is 1. The Labute approximate surface area is 127 Å². The van der Waals surface area contributed by atoms with Crippen LogP contribution < -0.4 is 5.32 Å². The van der Waals surface area contributed by atoms with Crippen molar-refractivity contribution in [3.63, 3.8) is 0 Å². The number of amides is 1. The molecule has 0 bridgehead atoms. The number of carbonyl (C=O) groups is 1. The number of rotatable bonds is 4. The van der Waals surface area contributed by atoms with Crippen molar-refractivity contribution < 1.29 is 9.90 Å². The molecule has 0 saturated carbocycles. The minimum atomic E-state index is -0.237. The third-order valence-corrected chi connectivity index (χ3v) is 3.14. The van der Waals surface area contributed by atoms with E-state index < -0.39 is 0 Å². The fraction of sp³-hybridized carbons (Fsp3) is 0.0625.